The van der Waals surface area contributed by atoms with Gasteiger partial charge in [-0.3, -0.25) is 4.79 Å². The van der Waals surface area contributed by atoms with Gasteiger partial charge in [0.2, 0.25) is 6.29 Å². The molecule has 0 bridgehead atoms. The highest BCUT2D eigenvalue weighted by Crippen LogP contribution is 2.30. The minimum atomic E-state index is -1.05. The van der Waals surface area contributed by atoms with Gasteiger partial charge in [-0.1, -0.05) is 30.7 Å². The number of benzene rings is 2. The number of thiophene rings is 1. The molecular weight excluding hydrogens is 578 g/mol. The van der Waals surface area contributed by atoms with Crippen LogP contribution in [0.25, 0.3) is 10.4 Å². The van der Waals surface area contributed by atoms with Gasteiger partial charge in [-0.2, -0.15) is 0 Å². The van der Waals surface area contributed by atoms with Gasteiger partial charge in [0.15, 0.2) is 0 Å². The Labute approximate surface area is 262 Å². The highest BCUT2D eigenvalue weighted by molar-refractivity contribution is 7.15. The van der Waals surface area contributed by atoms with Crippen LogP contribution in [0, 0.1) is 13.8 Å². The first-order valence-electron chi connectivity index (χ1n) is 15.3. The van der Waals surface area contributed by atoms with Crippen LogP contribution in [0.4, 0.5) is 15.3 Å². The molecule has 2 fully saturated rings. The van der Waals surface area contributed by atoms with Gasteiger partial charge < -0.3 is 29.7 Å². The number of rotatable bonds is 9. The average molecular weight is 620 g/mol. The van der Waals surface area contributed by atoms with Gasteiger partial charge in [0.05, 0.1) is 12.1 Å². The van der Waals surface area contributed by atoms with Gasteiger partial charge in [-0.25, -0.2) is 9.59 Å². The van der Waals surface area contributed by atoms with Crippen LogP contribution in [-0.2, 0) is 14.2 Å². The molecule has 2 amide bonds. The fourth-order valence-corrected chi connectivity index (χ4v) is 6.41. The molecule has 9 nitrogen and oxygen atoms in total. The Balaban J connectivity index is 1.09. The minimum absolute atomic E-state index is 0.00351. The van der Waals surface area contributed by atoms with Crippen molar-refractivity contribution in [3.8, 4) is 10.4 Å². The van der Waals surface area contributed by atoms with Crippen LogP contribution in [0.2, 0.25) is 0 Å². The number of carbonyl (C=O) groups excluding carboxylic acids is 3. The average Bonchev–Trinajstić information content (AvgIpc) is 3.42. The smallest absolute Gasteiger partial charge is 0.431 e. The van der Waals surface area contributed by atoms with E-state index in [0.717, 1.165) is 54.5 Å². The van der Waals surface area contributed by atoms with Crippen molar-refractivity contribution in [3.63, 3.8) is 0 Å². The molecule has 5 rings (SSSR count). The molecule has 10 heteroatoms. The molecule has 0 spiro atoms. The number of hydrogen-bond donors (Lipinski definition) is 2. The van der Waals surface area contributed by atoms with E-state index in [-0.39, 0.29) is 24.1 Å². The first-order chi connectivity index (χ1) is 21.1. The summed E-state index contributed by atoms with van der Waals surface area (Å²) >= 11 is 1.75. The summed E-state index contributed by atoms with van der Waals surface area (Å²) in [6, 6.07) is 18.0. The summed E-state index contributed by atoms with van der Waals surface area (Å²) in [4.78, 5) is 41.8. The second-order valence-corrected chi connectivity index (χ2v) is 13.0. The van der Waals surface area contributed by atoms with Crippen molar-refractivity contribution in [3.05, 3.63) is 76.2 Å². The van der Waals surface area contributed by atoms with E-state index in [1.54, 1.807) is 11.3 Å². The van der Waals surface area contributed by atoms with E-state index in [1.165, 1.54) is 21.6 Å². The summed E-state index contributed by atoms with van der Waals surface area (Å²) in [5.74, 6) is -0.147. The van der Waals surface area contributed by atoms with E-state index < -0.39 is 18.5 Å². The molecule has 2 aromatic carbocycles. The molecule has 2 unspecified atom stereocenters. The monoisotopic (exact) mass is 619 g/mol. The quantitative estimate of drug-likeness (QED) is 0.188. The van der Waals surface area contributed by atoms with E-state index >= 15 is 0 Å². The second kappa shape index (κ2) is 14.2. The van der Waals surface area contributed by atoms with Crippen molar-refractivity contribution in [2.75, 3.05) is 18.4 Å². The maximum Gasteiger partial charge on any atom is 0.511 e. The maximum atomic E-state index is 13.3. The molecule has 2 heterocycles. The van der Waals surface area contributed by atoms with E-state index in [2.05, 4.69) is 41.8 Å². The Bertz CT molecular complexity index is 1480. The van der Waals surface area contributed by atoms with Crippen LogP contribution in [0.15, 0.2) is 54.6 Å². The molecular formula is C34H41N3O6S. The van der Waals surface area contributed by atoms with Crippen molar-refractivity contribution in [2.45, 2.75) is 84.3 Å². The zero-order chi connectivity index (χ0) is 31.2. The van der Waals surface area contributed by atoms with Gasteiger partial charge in [0, 0.05) is 41.0 Å². The number of nitrogens with one attached hydrogen (secondary N) is 2. The van der Waals surface area contributed by atoms with Crippen LogP contribution >= 0.6 is 11.3 Å². The molecule has 1 aromatic heterocycles. The third-order valence-corrected chi connectivity index (χ3v) is 9.15. The first kappa shape index (κ1) is 31.4. The summed E-state index contributed by atoms with van der Waals surface area (Å²) < 4.78 is 15.7. The number of hydrogen-bond acceptors (Lipinski definition) is 8. The van der Waals surface area contributed by atoms with Crippen molar-refractivity contribution >= 4 is 35.2 Å². The maximum absolute atomic E-state index is 13.3. The molecule has 1 aliphatic heterocycles. The van der Waals surface area contributed by atoms with Crippen molar-refractivity contribution in [1.29, 1.82) is 0 Å². The number of amides is 2. The fourth-order valence-electron chi connectivity index (χ4n) is 5.54. The predicted molar refractivity (Wildman–Crippen MR) is 171 cm³/mol. The van der Waals surface area contributed by atoms with Crippen molar-refractivity contribution in [2.24, 2.45) is 0 Å². The zero-order valence-corrected chi connectivity index (χ0v) is 26.6. The standard InChI is InChI=1S/C34H41N3O6S/c1-21-13-15-27(18-30(21)32(38)35-23(3)25-9-8-10-26(17-25)31-16-14-22(2)44-31)36-28-19-37(20-28)33(39)41-24(4)42-34(40)43-29-11-6-5-7-12-29/h8-10,13-18,23-24,28-29,36H,5-7,11-12,19-20H2,1-4H3,(H,35,38). The molecule has 1 aliphatic carbocycles. The molecule has 1 saturated carbocycles. The number of nitrogens with zero attached hydrogens (tertiary/aromatic N) is 1. The van der Waals surface area contributed by atoms with E-state index in [9.17, 15) is 14.4 Å². The fraction of sp³-hybridized carbons (Fsp3) is 0.441. The molecule has 0 radical (unpaired) electrons. The van der Waals surface area contributed by atoms with E-state index in [4.69, 9.17) is 14.2 Å². The van der Waals surface area contributed by atoms with Gasteiger partial charge in [-0.05, 0) is 93.5 Å². The lowest BCUT2D eigenvalue weighted by atomic mass is 9.98. The lowest BCUT2D eigenvalue weighted by Gasteiger charge is -2.39. The lowest BCUT2D eigenvalue weighted by molar-refractivity contribution is -0.0955. The van der Waals surface area contributed by atoms with Crippen LogP contribution in [-0.4, -0.2) is 54.6 Å². The number of carbonyl (C=O) groups is 3. The summed E-state index contributed by atoms with van der Waals surface area (Å²) in [5, 5.41) is 6.54. The Hall–Kier alpha value is -4.05. The zero-order valence-electron chi connectivity index (χ0n) is 25.8. The number of anilines is 1. The molecule has 2 N–H and O–H groups in total. The number of ether oxygens (including phenoxy) is 3. The highest BCUT2D eigenvalue weighted by atomic mass is 32.1. The Kier molecular flexibility index (Phi) is 10.1. The van der Waals surface area contributed by atoms with Crippen molar-refractivity contribution < 1.29 is 28.6 Å². The lowest BCUT2D eigenvalue weighted by Crippen LogP contribution is -2.57. The molecule has 2 aliphatic rings. The van der Waals surface area contributed by atoms with Crippen molar-refractivity contribution in [1.82, 2.24) is 10.2 Å². The summed E-state index contributed by atoms with van der Waals surface area (Å²) in [6.45, 7) is 8.34. The highest BCUT2D eigenvalue weighted by Gasteiger charge is 2.33. The Morgan fingerprint density at radius 2 is 1.70 bits per heavy atom. The van der Waals surface area contributed by atoms with E-state index in [0.29, 0.717) is 18.7 Å². The molecule has 3 aromatic rings. The first-order valence-corrected chi connectivity index (χ1v) is 16.1. The van der Waals surface area contributed by atoms with Gasteiger partial charge in [0.25, 0.3) is 5.91 Å². The third kappa shape index (κ3) is 8.11. The Morgan fingerprint density at radius 3 is 2.43 bits per heavy atom. The number of likely N-dealkylation sites (tertiary alicyclic amines) is 1. The Morgan fingerprint density at radius 1 is 0.932 bits per heavy atom. The van der Waals surface area contributed by atoms with Crippen LogP contribution in [0.5, 0.6) is 0 Å². The minimum Gasteiger partial charge on any atom is -0.431 e. The summed E-state index contributed by atoms with van der Waals surface area (Å²) in [7, 11) is 0. The van der Waals surface area contributed by atoms with E-state index in [1.807, 2.05) is 44.2 Å². The molecule has 44 heavy (non-hydrogen) atoms. The largest absolute Gasteiger partial charge is 0.511 e. The van der Waals surface area contributed by atoms with Crippen LogP contribution < -0.4 is 10.6 Å². The predicted octanol–water partition coefficient (Wildman–Crippen LogP) is 7.59. The second-order valence-electron chi connectivity index (χ2n) is 11.7. The number of aryl methyl sites for hydroxylation is 2. The van der Waals surface area contributed by atoms with Crippen LogP contribution in [0.3, 0.4) is 0 Å². The molecule has 2 atom stereocenters. The topological polar surface area (TPSA) is 106 Å². The third-order valence-electron chi connectivity index (χ3n) is 8.10. The normalized spacial score (nSPS) is 16.8. The summed E-state index contributed by atoms with van der Waals surface area (Å²) in [5.41, 5.74) is 4.44. The summed E-state index contributed by atoms with van der Waals surface area (Å²) in [6.07, 6.45) is 2.35. The molecule has 1 saturated heterocycles. The van der Waals surface area contributed by atoms with Gasteiger partial charge in [-0.15, -0.1) is 11.3 Å². The van der Waals surface area contributed by atoms with Gasteiger partial charge in [0.1, 0.15) is 6.10 Å². The molecule has 234 valence electrons. The van der Waals surface area contributed by atoms with Crippen LogP contribution in [0.1, 0.15) is 78.4 Å². The SMILES string of the molecule is Cc1ccc(-c2cccc(C(C)NC(=O)c3cc(NC4CN(C(=O)OC(C)OC(=O)OC5CCCCC5)C4)ccc3C)c2)s1. The van der Waals surface area contributed by atoms with Gasteiger partial charge >= 0.3 is 12.2 Å².